The lowest BCUT2D eigenvalue weighted by Crippen LogP contribution is -3.13. The van der Waals surface area contributed by atoms with Gasteiger partial charge in [-0.15, -0.1) is 0 Å². The average molecular weight is 303 g/mol. The fraction of sp³-hybridized carbons (Fsp3) is 0.909. The average Bonchev–Trinajstić information content (AvgIpc) is 2.89. The Kier molecular flexibility index (Phi) is 3.88. The van der Waals surface area contributed by atoms with Crippen LogP contribution in [0.25, 0.3) is 0 Å². The fourth-order valence-electron chi connectivity index (χ4n) is 3.32. The van der Waals surface area contributed by atoms with Gasteiger partial charge in [0.05, 0.1) is 13.7 Å². The standard InChI is InChI=1S/C11H21N5O5/c1-15-3-16(8-5(15)9(20)14-11(12)13-8)10-7(19)6(18)4(2-17)21-10/h4-8,10-11,13,17-19H,2-3,12H2,1H3,(H,14,20). The predicted molar refractivity (Wildman–Crippen MR) is 67.5 cm³/mol. The van der Waals surface area contributed by atoms with Crippen LogP contribution in [0, 0.1) is 0 Å². The number of aliphatic imine (C=N–C) groups is 1. The molecule has 120 valence electrons. The molecule has 21 heavy (non-hydrogen) atoms. The molecule has 8 atom stereocenters. The van der Waals surface area contributed by atoms with E-state index in [0.29, 0.717) is 6.67 Å². The second-order valence-electron chi connectivity index (χ2n) is 5.75. The first-order chi connectivity index (χ1) is 9.93. The molecule has 10 nitrogen and oxygen atoms in total. The molecular weight excluding hydrogens is 282 g/mol. The van der Waals surface area contributed by atoms with Gasteiger partial charge in [-0.1, -0.05) is 0 Å². The maximum absolute atomic E-state index is 12.0. The maximum atomic E-state index is 12.0. The van der Waals surface area contributed by atoms with Crippen molar-refractivity contribution in [2.45, 2.75) is 43.0 Å². The molecule has 3 aliphatic rings. The summed E-state index contributed by atoms with van der Waals surface area (Å²) in [5.41, 5.74) is 5.68. The lowest BCUT2D eigenvalue weighted by molar-refractivity contribution is -0.889. The zero-order chi connectivity index (χ0) is 15.3. The number of likely N-dealkylation sites (N-methyl/N-ethyl adjacent to an activating group) is 1. The molecule has 0 aromatic carbocycles. The Balaban J connectivity index is 1.82. The van der Waals surface area contributed by atoms with E-state index in [-0.39, 0.29) is 12.5 Å². The Labute approximate surface area is 121 Å². The highest BCUT2D eigenvalue weighted by Gasteiger charge is 2.54. The second-order valence-corrected chi connectivity index (χ2v) is 5.75. The fourth-order valence-corrected chi connectivity index (χ4v) is 3.32. The Morgan fingerprint density at radius 2 is 2.24 bits per heavy atom. The first-order valence-corrected chi connectivity index (χ1v) is 6.91. The Morgan fingerprint density at radius 1 is 1.52 bits per heavy atom. The number of ether oxygens (including phenoxy) is 1. The number of aliphatic hydroxyl groups is 3. The number of hydrogen-bond donors (Lipinski definition) is 6. The normalized spacial score (nSPS) is 51.0. The zero-order valence-corrected chi connectivity index (χ0v) is 11.6. The largest absolute Gasteiger partial charge is 0.858 e. The van der Waals surface area contributed by atoms with Gasteiger partial charge >= 0.3 is 0 Å². The van der Waals surface area contributed by atoms with Crippen molar-refractivity contribution in [1.82, 2.24) is 10.2 Å². The summed E-state index contributed by atoms with van der Waals surface area (Å²) in [5.74, 6) is -0.294. The molecule has 3 rings (SSSR count). The summed E-state index contributed by atoms with van der Waals surface area (Å²) in [7, 11) is 1.84. The van der Waals surface area contributed by atoms with Crippen LogP contribution in [0.3, 0.4) is 0 Å². The van der Waals surface area contributed by atoms with Crippen LogP contribution in [0.15, 0.2) is 4.99 Å². The smallest absolute Gasteiger partial charge is 0.151 e. The summed E-state index contributed by atoms with van der Waals surface area (Å²) in [6.45, 7) is 0.0312. The SMILES string of the molecule is C[NH+]1CN(C2OC(CO)C(O)C2O)C2NC(N)N=C([O-])C21. The van der Waals surface area contributed by atoms with Crippen LogP contribution in [-0.2, 0) is 4.74 Å². The van der Waals surface area contributed by atoms with Gasteiger partial charge in [-0.25, -0.2) is 4.90 Å². The minimum absolute atomic E-state index is 0.294. The Bertz CT molecular complexity index is 437. The third-order valence-corrected chi connectivity index (χ3v) is 4.35. The third-order valence-electron chi connectivity index (χ3n) is 4.35. The number of nitrogens with one attached hydrogen (secondary N) is 2. The minimum atomic E-state index is -1.17. The van der Waals surface area contributed by atoms with Crippen molar-refractivity contribution in [2.24, 2.45) is 10.7 Å². The van der Waals surface area contributed by atoms with Crippen molar-refractivity contribution < 1.29 is 30.1 Å². The number of fused-ring (bicyclic) bond motifs is 1. The van der Waals surface area contributed by atoms with Gasteiger partial charge < -0.3 is 30.1 Å². The molecular formula is C11H21N5O5. The number of rotatable bonds is 2. The van der Waals surface area contributed by atoms with Gasteiger partial charge in [0.1, 0.15) is 43.4 Å². The molecule has 0 aliphatic carbocycles. The molecule has 2 fully saturated rings. The summed E-state index contributed by atoms with van der Waals surface area (Å²) < 4.78 is 5.53. The molecule has 3 heterocycles. The summed E-state index contributed by atoms with van der Waals surface area (Å²) in [5, 5.41) is 44.1. The van der Waals surface area contributed by atoms with Crippen LogP contribution in [0.4, 0.5) is 0 Å². The van der Waals surface area contributed by atoms with Crippen molar-refractivity contribution >= 4 is 5.90 Å². The van der Waals surface area contributed by atoms with E-state index in [9.17, 15) is 15.3 Å². The highest BCUT2D eigenvalue weighted by Crippen LogP contribution is 2.26. The van der Waals surface area contributed by atoms with Gasteiger partial charge in [-0.3, -0.25) is 16.0 Å². The van der Waals surface area contributed by atoms with E-state index in [2.05, 4.69) is 10.3 Å². The van der Waals surface area contributed by atoms with Crippen molar-refractivity contribution in [3.05, 3.63) is 0 Å². The van der Waals surface area contributed by atoms with E-state index in [1.807, 2.05) is 7.05 Å². The summed E-state index contributed by atoms with van der Waals surface area (Å²) in [6, 6.07) is -0.439. The monoisotopic (exact) mass is 303 g/mol. The molecule has 0 saturated carbocycles. The van der Waals surface area contributed by atoms with E-state index in [1.54, 1.807) is 4.90 Å². The van der Waals surface area contributed by atoms with E-state index in [1.165, 1.54) is 0 Å². The summed E-state index contributed by atoms with van der Waals surface area (Å²) in [4.78, 5) is 6.43. The molecule has 2 saturated heterocycles. The van der Waals surface area contributed by atoms with Gasteiger partial charge in [0.25, 0.3) is 0 Å². The van der Waals surface area contributed by atoms with Crippen molar-refractivity contribution in [1.29, 1.82) is 0 Å². The minimum Gasteiger partial charge on any atom is -0.858 e. The Morgan fingerprint density at radius 3 is 2.86 bits per heavy atom. The molecule has 0 aromatic rings. The molecule has 0 aromatic heterocycles. The highest BCUT2D eigenvalue weighted by atomic mass is 16.6. The summed E-state index contributed by atoms with van der Waals surface area (Å²) >= 11 is 0. The first kappa shape index (κ1) is 15.1. The van der Waals surface area contributed by atoms with Gasteiger partial charge in [0, 0.05) is 5.90 Å². The van der Waals surface area contributed by atoms with E-state index >= 15 is 0 Å². The van der Waals surface area contributed by atoms with Crippen LogP contribution in [0.1, 0.15) is 0 Å². The quantitative estimate of drug-likeness (QED) is 0.295. The number of hydrogen-bond acceptors (Lipinski definition) is 9. The molecule has 0 bridgehead atoms. The number of nitrogens with zero attached hydrogens (tertiary/aromatic N) is 2. The van der Waals surface area contributed by atoms with Crippen molar-refractivity contribution in [2.75, 3.05) is 20.3 Å². The van der Waals surface area contributed by atoms with Crippen LogP contribution in [0.5, 0.6) is 0 Å². The lowest BCUT2D eigenvalue weighted by Gasteiger charge is -2.36. The van der Waals surface area contributed by atoms with Gasteiger partial charge in [0.2, 0.25) is 0 Å². The Hall–Kier alpha value is -0.850. The number of aliphatic hydroxyl groups excluding tert-OH is 3. The maximum Gasteiger partial charge on any atom is 0.151 e. The van der Waals surface area contributed by atoms with E-state index in [4.69, 9.17) is 15.6 Å². The molecule has 10 heteroatoms. The zero-order valence-electron chi connectivity index (χ0n) is 11.6. The van der Waals surface area contributed by atoms with Gasteiger partial charge in [-0.2, -0.15) is 0 Å². The van der Waals surface area contributed by atoms with Crippen LogP contribution >= 0.6 is 0 Å². The third kappa shape index (κ3) is 2.33. The van der Waals surface area contributed by atoms with Crippen molar-refractivity contribution in [3.63, 3.8) is 0 Å². The molecule has 8 unspecified atom stereocenters. The predicted octanol–water partition coefficient (Wildman–Crippen LogP) is -6.49. The molecule has 3 aliphatic heterocycles. The van der Waals surface area contributed by atoms with E-state index in [0.717, 1.165) is 4.90 Å². The first-order valence-electron chi connectivity index (χ1n) is 6.91. The number of nitrogens with two attached hydrogens (primary N) is 1. The molecule has 0 radical (unpaired) electrons. The van der Waals surface area contributed by atoms with Gasteiger partial charge in [0.15, 0.2) is 6.29 Å². The number of quaternary nitrogens is 1. The second kappa shape index (κ2) is 5.41. The molecule has 0 amide bonds. The highest BCUT2D eigenvalue weighted by molar-refractivity contribution is 5.78. The van der Waals surface area contributed by atoms with Crippen LogP contribution in [-0.4, -0.2) is 89.5 Å². The summed E-state index contributed by atoms with van der Waals surface area (Å²) in [6.07, 6.45) is -5.23. The molecule has 0 spiro atoms. The van der Waals surface area contributed by atoms with Crippen LogP contribution in [0.2, 0.25) is 0 Å². The lowest BCUT2D eigenvalue weighted by atomic mass is 10.1. The van der Waals surface area contributed by atoms with Gasteiger partial charge in [-0.05, 0) is 0 Å². The topological polar surface area (TPSA) is 151 Å². The molecule has 7 N–H and O–H groups in total. The van der Waals surface area contributed by atoms with Crippen LogP contribution < -0.4 is 21.1 Å². The van der Waals surface area contributed by atoms with E-state index < -0.39 is 43.0 Å². The van der Waals surface area contributed by atoms with Crippen molar-refractivity contribution in [3.8, 4) is 0 Å².